The van der Waals surface area contributed by atoms with Gasteiger partial charge in [0.2, 0.25) is 17.7 Å². The lowest BCUT2D eigenvalue weighted by Crippen LogP contribution is -2.59. The zero-order valence-electron chi connectivity index (χ0n) is 21.0. The van der Waals surface area contributed by atoms with Crippen LogP contribution >= 0.6 is 23.2 Å². The number of amides is 3. The first kappa shape index (κ1) is 26.6. The van der Waals surface area contributed by atoms with E-state index >= 15 is 0 Å². The molecule has 202 valence electrons. The first-order chi connectivity index (χ1) is 18.7. The number of piperazine rings is 1. The second kappa shape index (κ2) is 11.0. The van der Waals surface area contributed by atoms with Crippen LogP contribution in [0.1, 0.15) is 6.42 Å². The molecule has 0 spiro atoms. The van der Waals surface area contributed by atoms with E-state index in [-0.39, 0.29) is 31.3 Å². The Kier molecular flexibility index (Phi) is 7.51. The van der Waals surface area contributed by atoms with E-state index in [1.807, 2.05) is 13.2 Å². The number of halogens is 2. The number of methoxy groups -OCH3 is 1. The number of fused-ring (bicyclic) bond motifs is 1. The maximum absolute atomic E-state index is 13.4. The second-order valence-corrected chi connectivity index (χ2v) is 9.81. The Hall–Kier alpha value is -4.00. The molecule has 1 saturated heterocycles. The molecule has 2 aromatic carbocycles. The van der Waals surface area contributed by atoms with Crippen LogP contribution in [0.15, 0.2) is 48.8 Å². The SMILES string of the molecule is COCC[C@@H](C(=O)Nc1ccc2nn(C)cc2c1)N1CC(=O)N(c2cc(Cl)ccc2-n2cc(Cl)nn2)CC1=O. The van der Waals surface area contributed by atoms with E-state index in [0.717, 1.165) is 10.9 Å². The molecule has 0 bridgehead atoms. The molecule has 14 heteroatoms. The van der Waals surface area contributed by atoms with Gasteiger partial charge < -0.3 is 15.0 Å². The molecule has 1 atom stereocenters. The molecule has 1 N–H and O–H groups in total. The van der Waals surface area contributed by atoms with Crippen molar-refractivity contribution in [3.63, 3.8) is 0 Å². The zero-order chi connectivity index (χ0) is 27.7. The predicted molar refractivity (Wildman–Crippen MR) is 145 cm³/mol. The summed E-state index contributed by atoms with van der Waals surface area (Å²) in [7, 11) is 3.32. The van der Waals surface area contributed by atoms with Crippen molar-refractivity contribution in [2.45, 2.75) is 12.5 Å². The standard InChI is InChI=1S/C25H24Cl2N8O4/c1-32-11-15-9-17(4-5-18(15)30-32)28-25(38)20(7-8-39-2)33-13-24(37)34(14-23(33)36)21-10-16(26)3-6-19(21)35-12-22(27)29-31-35/h3-6,9-12,20H,7-8,13-14H2,1-2H3,(H,28,38)/t20-/m0/s1. The largest absolute Gasteiger partial charge is 0.385 e. The average molecular weight is 571 g/mol. The fourth-order valence-electron chi connectivity index (χ4n) is 4.52. The number of hydrogen-bond donors (Lipinski definition) is 1. The van der Waals surface area contributed by atoms with E-state index in [4.69, 9.17) is 27.9 Å². The molecule has 1 aliphatic heterocycles. The van der Waals surface area contributed by atoms with Crippen LogP contribution in [0.3, 0.4) is 0 Å². The van der Waals surface area contributed by atoms with Crippen LogP contribution < -0.4 is 10.2 Å². The molecule has 2 aromatic heterocycles. The summed E-state index contributed by atoms with van der Waals surface area (Å²) in [6.45, 7) is -0.397. The lowest BCUT2D eigenvalue weighted by molar-refractivity contribution is -0.144. The molecule has 3 amide bonds. The van der Waals surface area contributed by atoms with Crippen LogP contribution in [-0.4, -0.2) is 80.2 Å². The third kappa shape index (κ3) is 5.58. The monoisotopic (exact) mass is 570 g/mol. The molecule has 3 heterocycles. The molecule has 1 aliphatic rings. The van der Waals surface area contributed by atoms with E-state index < -0.39 is 23.8 Å². The lowest BCUT2D eigenvalue weighted by Gasteiger charge is -2.38. The number of carbonyl (C=O) groups is 3. The third-order valence-corrected chi connectivity index (χ3v) is 6.73. The minimum atomic E-state index is -0.930. The van der Waals surface area contributed by atoms with Gasteiger partial charge in [0.15, 0.2) is 5.15 Å². The van der Waals surface area contributed by atoms with Crippen LogP contribution in [0, 0.1) is 0 Å². The van der Waals surface area contributed by atoms with Crippen LogP contribution in [-0.2, 0) is 26.2 Å². The maximum atomic E-state index is 13.4. The van der Waals surface area contributed by atoms with Crippen molar-refractivity contribution in [3.8, 4) is 5.69 Å². The van der Waals surface area contributed by atoms with Crippen molar-refractivity contribution in [2.24, 2.45) is 7.05 Å². The van der Waals surface area contributed by atoms with Crippen molar-refractivity contribution in [1.82, 2.24) is 29.7 Å². The van der Waals surface area contributed by atoms with Gasteiger partial charge in [-0.3, -0.25) is 24.0 Å². The average Bonchev–Trinajstić information content (AvgIpc) is 3.50. The summed E-state index contributed by atoms with van der Waals surface area (Å²) in [4.78, 5) is 42.8. The fraction of sp³-hybridized carbons (Fsp3) is 0.280. The quantitative estimate of drug-likeness (QED) is 0.345. The summed E-state index contributed by atoms with van der Waals surface area (Å²) in [5, 5.41) is 16.3. The molecule has 0 unspecified atom stereocenters. The van der Waals surface area contributed by atoms with E-state index in [0.29, 0.717) is 22.1 Å². The van der Waals surface area contributed by atoms with E-state index in [2.05, 4.69) is 20.7 Å². The van der Waals surface area contributed by atoms with Gasteiger partial charge in [-0.05, 0) is 36.4 Å². The number of nitrogens with zero attached hydrogens (tertiary/aromatic N) is 7. The molecule has 12 nitrogen and oxygen atoms in total. The van der Waals surface area contributed by atoms with Crippen molar-refractivity contribution in [3.05, 3.63) is 59.0 Å². The van der Waals surface area contributed by atoms with Crippen molar-refractivity contribution >= 4 is 63.2 Å². The predicted octanol–water partition coefficient (Wildman–Crippen LogP) is 2.68. The Labute approximate surface area is 233 Å². The number of aromatic nitrogens is 5. The van der Waals surface area contributed by atoms with Gasteiger partial charge in [0.05, 0.1) is 23.1 Å². The van der Waals surface area contributed by atoms with E-state index in [1.165, 1.54) is 27.8 Å². The fourth-order valence-corrected chi connectivity index (χ4v) is 4.81. The van der Waals surface area contributed by atoms with Crippen molar-refractivity contribution in [1.29, 1.82) is 0 Å². The molecule has 0 radical (unpaired) electrons. The first-order valence-electron chi connectivity index (χ1n) is 11.9. The highest BCUT2D eigenvalue weighted by Gasteiger charge is 2.38. The Morgan fingerprint density at radius 1 is 1.08 bits per heavy atom. The topological polar surface area (TPSA) is 127 Å². The van der Waals surface area contributed by atoms with Gasteiger partial charge in [-0.25, -0.2) is 4.68 Å². The lowest BCUT2D eigenvalue weighted by atomic mass is 10.1. The Morgan fingerprint density at radius 3 is 2.64 bits per heavy atom. The maximum Gasteiger partial charge on any atom is 0.247 e. The molecule has 1 fully saturated rings. The minimum Gasteiger partial charge on any atom is -0.385 e. The second-order valence-electron chi connectivity index (χ2n) is 8.98. The molecule has 0 saturated carbocycles. The van der Waals surface area contributed by atoms with Gasteiger partial charge in [-0.15, -0.1) is 5.10 Å². The number of ether oxygens (including phenoxy) is 1. The first-order valence-corrected chi connectivity index (χ1v) is 12.7. The van der Waals surface area contributed by atoms with Gasteiger partial charge >= 0.3 is 0 Å². The Bertz CT molecular complexity index is 1570. The van der Waals surface area contributed by atoms with Crippen LogP contribution in [0.5, 0.6) is 0 Å². The highest BCUT2D eigenvalue weighted by Crippen LogP contribution is 2.30. The molecule has 39 heavy (non-hydrogen) atoms. The minimum absolute atomic E-state index is 0.165. The number of anilines is 2. The summed E-state index contributed by atoms with van der Waals surface area (Å²) < 4.78 is 8.27. The smallest absolute Gasteiger partial charge is 0.247 e. The van der Waals surface area contributed by atoms with Gasteiger partial charge in [0.25, 0.3) is 0 Å². The third-order valence-electron chi connectivity index (χ3n) is 6.32. The van der Waals surface area contributed by atoms with Crippen molar-refractivity contribution in [2.75, 3.05) is 37.0 Å². The molecule has 0 aliphatic carbocycles. The highest BCUT2D eigenvalue weighted by atomic mass is 35.5. The summed E-state index contributed by atoms with van der Waals surface area (Å²) >= 11 is 12.2. The van der Waals surface area contributed by atoms with Gasteiger partial charge in [0.1, 0.15) is 19.1 Å². The molecule has 5 rings (SSSR count). The number of hydrogen-bond acceptors (Lipinski definition) is 7. The summed E-state index contributed by atoms with van der Waals surface area (Å²) in [6, 6.07) is 9.26. The van der Waals surface area contributed by atoms with E-state index in [1.54, 1.807) is 41.1 Å². The highest BCUT2D eigenvalue weighted by molar-refractivity contribution is 6.31. The van der Waals surface area contributed by atoms with E-state index in [9.17, 15) is 14.4 Å². The molecular weight excluding hydrogens is 547 g/mol. The zero-order valence-corrected chi connectivity index (χ0v) is 22.6. The molecular formula is C25H24Cl2N8O4. The van der Waals surface area contributed by atoms with Crippen LogP contribution in [0.25, 0.3) is 16.6 Å². The number of benzene rings is 2. The van der Waals surface area contributed by atoms with Crippen LogP contribution in [0.2, 0.25) is 10.2 Å². The van der Waals surface area contributed by atoms with Crippen LogP contribution in [0.4, 0.5) is 11.4 Å². The van der Waals surface area contributed by atoms with Gasteiger partial charge in [-0.1, -0.05) is 28.4 Å². The normalized spacial score (nSPS) is 14.8. The summed E-state index contributed by atoms with van der Waals surface area (Å²) in [6.07, 6.45) is 3.52. The number of carbonyl (C=O) groups excluding carboxylic acids is 3. The van der Waals surface area contributed by atoms with Crippen molar-refractivity contribution < 1.29 is 19.1 Å². The van der Waals surface area contributed by atoms with Gasteiger partial charge in [-0.2, -0.15) is 5.10 Å². The summed E-state index contributed by atoms with van der Waals surface area (Å²) in [5.41, 5.74) is 2.17. The number of aryl methyl sites for hydroxylation is 1. The Morgan fingerprint density at radius 2 is 1.90 bits per heavy atom. The number of nitrogens with one attached hydrogen (secondary N) is 1. The Balaban J connectivity index is 1.38. The molecule has 4 aromatic rings. The number of rotatable bonds is 8. The van der Waals surface area contributed by atoms with Gasteiger partial charge in [0, 0.05) is 49.5 Å². The summed E-state index contributed by atoms with van der Waals surface area (Å²) in [5.74, 6) is -1.22.